The van der Waals surface area contributed by atoms with Gasteiger partial charge in [0, 0.05) is 12.1 Å². The van der Waals surface area contributed by atoms with Gasteiger partial charge in [-0.3, -0.25) is 9.89 Å². The molecule has 1 unspecified atom stereocenters. The minimum absolute atomic E-state index is 0. The van der Waals surface area contributed by atoms with E-state index >= 15 is 0 Å². The molecule has 1 aliphatic rings. The number of nitrogens with two attached hydrogens (primary N) is 1. The van der Waals surface area contributed by atoms with E-state index in [0.29, 0.717) is 19.0 Å². The molecule has 23 heavy (non-hydrogen) atoms. The average molecular weight is 430 g/mol. The third-order valence-electron chi connectivity index (χ3n) is 3.94. The molecule has 0 aliphatic carbocycles. The van der Waals surface area contributed by atoms with Gasteiger partial charge < -0.3 is 15.8 Å². The molecule has 2 rings (SSSR count). The number of ether oxygens (including phenoxy) is 1. The molecule has 1 aliphatic heterocycles. The SMILES string of the molecule is C=CCNC(N)=NCC(c1ccccc1OC)N1CCCC1.I. The molecule has 3 N–H and O–H groups in total. The van der Waals surface area contributed by atoms with Crippen LogP contribution >= 0.6 is 24.0 Å². The Bertz CT molecular complexity index is 515. The van der Waals surface area contributed by atoms with Gasteiger partial charge in [0.25, 0.3) is 0 Å². The van der Waals surface area contributed by atoms with E-state index in [9.17, 15) is 0 Å². The van der Waals surface area contributed by atoms with Crippen molar-refractivity contribution in [2.75, 3.05) is 33.3 Å². The van der Waals surface area contributed by atoms with Gasteiger partial charge >= 0.3 is 0 Å². The average Bonchev–Trinajstić information content (AvgIpc) is 3.07. The molecule has 1 atom stereocenters. The summed E-state index contributed by atoms with van der Waals surface area (Å²) in [5.74, 6) is 1.37. The van der Waals surface area contributed by atoms with E-state index in [2.05, 4.69) is 27.9 Å². The van der Waals surface area contributed by atoms with Crippen LogP contribution in [0.25, 0.3) is 0 Å². The number of rotatable bonds is 7. The maximum absolute atomic E-state index is 5.90. The lowest BCUT2D eigenvalue weighted by Gasteiger charge is -2.28. The predicted octanol–water partition coefficient (Wildman–Crippen LogP) is 2.54. The predicted molar refractivity (Wildman–Crippen MR) is 107 cm³/mol. The Hall–Kier alpha value is -1.28. The number of likely N-dealkylation sites (tertiary alicyclic amines) is 1. The monoisotopic (exact) mass is 430 g/mol. The second-order valence-corrected chi connectivity index (χ2v) is 5.40. The maximum atomic E-state index is 5.90. The highest BCUT2D eigenvalue weighted by atomic mass is 127. The summed E-state index contributed by atoms with van der Waals surface area (Å²) >= 11 is 0. The van der Waals surface area contributed by atoms with Gasteiger partial charge in [-0.05, 0) is 32.0 Å². The number of halogens is 1. The summed E-state index contributed by atoms with van der Waals surface area (Å²) in [6.07, 6.45) is 4.24. The van der Waals surface area contributed by atoms with Crippen LogP contribution in [0.2, 0.25) is 0 Å². The number of aliphatic imine (C=N–C) groups is 1. The van der Waals surface area contributed by atoms with Gasteiger partial charge in [-0.2, -0.15) is 0 Å². The number of guanidine groups is 1. The Kier molecular flexibility index (Phi) is 9.01. The molecule has 0 spiro atoms. The Morgan fingerprint density at radius 1 is 1.43 bits per heavy atom. The summed E-state index contributed by atoms with van der Waals surface area (Å²) in [7, 11) is 1.71. The van der Waals surface area contributed by atoms with Crippen LogP contribution in [0.15, 0.2) is 41.9 Å². The fourth-order valence-electron chi connectivity index (χ4n) is 2.82. The molecule has 0 bridgehead atoms. The van der Waals surface area contributed by atoms with Gasteiger partial charge in [-0.15, -0.1) is 30.6 Å². The van der Waals surface area contributed by atoms with Crippen LogP contribution in [0, 0.1) is 0 Å². The first kappa shape index (κ1) is 19.8. The van der Waals surface area contributed by atoms with Crippen molar-refractivity contribution in [1.29, 1.82) is 0 Å². The summed E-state index contributed by atoms with van der Waals surface area (Å²) in [6, 6.07) is 8.35. The quantitative estimate of drug-likeness (QED) is 0.302. The number of methoxy groups -OCH3 is 1. The summed E-state index contributed by atoms with van der Waals surface area (Å²) in [5, 5.41) is 3.02. The standard InChI is InChI=1S/C17H26N4O.HI/c1-3-10-19-17(18)20-13-15(21-11-6-7-12-21)14-8-4-5-9-16(14)22-2;/h3-5,8-9,15H,1,6-7,10-13H2,2H3,(H3,18,19,20);1H. The molecule has 0 saturated carbocycles. The fourth-order valence-corrected chi connectivity index (χ4v) is 2.82. The molecule has 6 heteroatoms. The Balaban J connectivity index is 0.00000264. The molecule has 0 radical (unpaired) electrons. The molecule has 0 aromatic heterocycles. The van der Waals surface area contributed by atoms with Crippen molar-refractivity contribution in [3.8, 4) is 5.75 Å². The summed E-state index contributed by atoms with van der Waals surface area (Å²) in [6.45, 7) is 7.10. The van der Waals surface area contributed by atoms with Crippen molar-refractivity contribution in [2.45, 2.75) is 18.9 Å². The third kappa shape index (κ3) is 5.69. The van der Waals surface area contributed by atoms with Crippen molar-refractivity contribution in [3.63, 3.8) is 0 Å². The van der Waals surface area contributed by atoms with Crippen molar-refractivity contribution in [3.05, 3.63) is 42.5 Å². The molecule has 1 aromatic carbocycles. The van der Waals surface area contributed by atoms with Crippen LogP contribution in [0.5, 0.6) is 5.75 Å². The lowest BCUT2D eigenvalue weighted by atomic mass is 10.0. The van der Waals surface area contributed by atoms with Gasteiger partial charge in [0.15, 0.2) is 5.96 Å². The number of hydrogen-bond donors (Lipinski definition) is 2. The zero-order chi connectivity index (χ0) is 15.8. The van der Waals surface area contributed by atoms with E-state index in [0.717, 1.165) is 18.8 Å². The smallest absolute Gasteiger partial charge is 0.188 e. The summed E-state index contributed by atoms with van der Waals surface area (Å²) in [4.78, 5) is 6.96. The molecule has 1 aromatic rings. The van der Waals surface area contributed by atoms with Crippen LogP contribution in [0.4, 0.5) is 0 Å². The van der Waals surface area contributed by atoms with Crippen LogP contribution < -0.4 is 15.8 Å². The topological polar surface area (TPSA) is 62.9 Å². The van der Waals surface area contributed by atoms with Gasteiger partial charge in [0.2, 0.25) is 0 Å². The highest BCUT2D eigenvalue weighted by Crippen LogP contribution is 2.31. The lowest BCUT2D eigenvalue weighted by Crippen LogP contribution is -2.34. The largest absolute Gasteiger partial charge is 0.496 e. The van der Waals surface area contributed by atoms with Crippen molar-refractivity contribution < 1.29 is 4.74 Å². The van der Waals surface area contributed by atoms with E-state index in [1.54, 1.807) is 13.2 Å². The van der Waals surface area contributed by atoms with E-state index in [4.69, 9.17) is 10.5 Å². The number of nitrogens with one attached hydrogen (secondary N) is 1. The molecule has 1 fully saturated rings. The number of benzene rings is 1. The highest BCUT2D eigenvalue weighted by Gasteiger charge is 2.25. The van der Waals surface area contributed by atoms with Crippen molar-refractivity contribution in [1.82, 2.24) is 10.2 Å². The maximum Gasteiger partial charge on any atom is 0.188 e. The highest BCUT2D eigenvalue weighted by molar-refractivity contribution is 14.0. The van der Waals surface area contributed by atoms with Crippen LogP contribution in [-0.4, -0.2) is 44.1 Å². The molecule has 1 heterocycles. The number of nitrogens with zero attached hydrogens (tertiary/aromatic N) is 2. The number of para-hydroxylation sites is 1. The molecule has 5 nitrogen and oxygen atoms in total. The zero-order valence-electron chi connectivity index (χ0n) is 13.7. The van der Waals surface area contributed by atoms with E-state index in [1.165, 1.54) is 18.4 Å². The summed E-state index contributed by atoms with van der Waals surface area (Å²) < 4.78 is 5.52. The molecule has 128 valence electrons. The fraction of sp³-hybridized carbons (Fsp3) is 0.471. The minimum Gasteiger partial charge on any atom is -0.496 e. The van der Waals surface area contributed by atoms with Crippen LogP contribution in [0.3, 0.4) is 0 Å². The van der Waals surface area contributed by atoms with Crippen molar-refractivity contribution >= 4 is 29.9 Å². The van der Waals surface area contributed by atoms with Gasteiger partial charge in [-0.1, -0.05) is 24.3 Å². The Morgan fingerprint density at radius 2 is 2.13 bits per heavy atom. The van der Waals surface area contributed by atoms with Crippen LogP contribution in [-0.2, 0) is 0 Å². The van der Waals surface area contributed by atoms with E-state index < -0.39 is 0 Å². The Morgan fingerprint density at radius 3 is 2.78 bits per heavy atom. The molecular weight excluding hydrogens is 403 g/mol. The first-order valence-electron chi connectivity index (χ1n) is 7.78. The van der Waals surface area contributed by atoms with E-state index in [1.807, 2.05) is 18.2 Å². The first-order chi connectivity index (χ1) is 10.8. The summed E-state index contributed by atoms with van der Waals surface area (Å²) in [5.41, 5.74) is 7.07. The second kappa shape index (κ2) is 10.5. The van der Waals surface area contributed by atoms with Crippen LogP contribution in [0.1, 0.15) is 24.4 Å². The molecule has 0 amide bonds. The van der Waals surface area contributed by atoms with Crippen molar-refractivity contribution in [2.24, 2.45) is 10.7 Å². The van der Waals surface area contributed by atoms with Gasteiger partial charge in [-0.25, -0.2) is 0 Å². The third-order valence-corrected chi connectivity index (χ3v) is 3.94. The molecular formula is C17H27IN4O. The Labute approximate surface area is 156 Å². The normalized spacial score (nSPS) is 16.5. The first-order valence-corrected chi connectivity index (χ1v) is 7.78. The molecule has 1 saturated heterocycles. The van der Waals surface area contributed by atoms with Gasteiger partial charge in [0.1, 0.15) is 5.75 Å². The zero-order valence-corrected chi connectivity index (χ0v) is 16.0. The minimum atomic E-state index is 0. The number of hydrogen-bond acceptors (Lipinski definition) is 3. The van der Waals surface area contributed by atoms with Gasteiger partial charge in [0.05, 0.1) is 19.7 Å². The second-order valence-electron chi connectivity index (χ2n) is 5.40. The van der Waals surface area contributed by atoms with E-state index in [-0.39, 0.29) is 30.0 Å². The lowest BCUT2D eigenvalue weighted by molar-refractivity contribution is 0.245.